The molecule has 248 valence electrons. The third-order valence-corrected chi connectivity index (χ3v) is 13.0. The van der Waals surface area contributed by atoms with Crippen molar-refractivity contribution in [2.75, 3.05) is 4.90 Å². The lowest BCUT2D eigenvalue weighted by molar-refractivity contribution is 1.30. The van der Waals surface area contributed by atoms with Gasteiger partial charge in [-0.1, -0.05) is 121 Å². The van der Waals surface area contributed by atoms with Crippen molar-refractivity contribution in [3.8, 4) is 22.3 Å². The Labute approximate surface area is 315 Å². The average molecular weight is 710 g/mol. The molecular weight excluding hydrogens is 679 g/mol. The van der Waals surface area contributed by atoms with Crippen LogP contribution in [0.5, 0.6) is 0 Å². The molecule has 0 saturated carbocycles. The molecule has 0 unspecified atom stereocenters. The van der Waals surface area contributed by atoms with Crippen LogP contribution >= 0.6 is 22.7 Å². The Balaban J connectivity index is 1.13. The van der Waals surface area contributed by atoms with E-state index in [2.05, 4.69) is 193 Å². The second kappa shape index (κ2) is 12.2. The maximum absolute atomic E-state index is 2.43. The van der Waals surface area contributed by atoms with Gasteiger partial charge in [-0.25, -0.2) is 0 Å². The van der Waals surface area contributed by atoms with E-state index in [4.69, 9.17) is 0 Å². The van der Waals surface area contributed by atoms with Crippen LogP contribution in [-0.2, 0) is 0 Å². The molecule has 0 bridgehead atoms. The van der Waals surface area contributed by atoms with Gasteiger partial charge in [0.05, 0.1) is 0 Å². The van der Waals surface area contributed by atoms with Crippen LogP contribution in [0.15, 0.2) is 188 Å². The Morgan fingerprint density at radius 3 is 1.74 bits per heavy atom. The molecule has 1 nitrogen and oxygen atoms in total. The fourth-order valence-corrected chi connectivity index (χ4v) is 10.4. The Hall–Kier alpha value is -6.26. The van der Waals surface area contributed by atoms with Crippen LogP contribution in [0.2, 0.25) is 0 Å². The minimum Gasteiger partial charge on any atom is -0.310 e. The molecule has 0 aliphatic heterocycles. The second-order valence-electron chi connectivity index (χ2n) is 13.7. The molecule has 0 N–H and O–H groups in total. The number of nitrogens with zero attached hydrogens (tertiary/aromatic N) is 1. The van der Waals surface area contributed by atoms with E-state index in [0.29, 0.717) is 0 Å². The van der Waals surface area contributed by atoms with E-state index in [1.165, 1.54) is 84.1 Å². The molecule has 9 aromatic carbocycles. The molecule has 3 heteroatoms. The molecule has 0 fully saturated rings. The van der Waals surface area contributed by atoms with E-state index in [1.807, 2.05) is 22.7 Å². The highest BCUT2D eigenvalue weighted by Gasteiger charge is 2.19. The summed E-state index contributed by atoms with van der Waals surface area (Å²) >= 11 is 3.76. The van der Waals surface area contributed by atoms with Gasteiger partial charge in [0.25, 0.3) is 0 Å². The Morgan fingerprint density at radius 1 is 0.321 bits per heavy atom. The number of hydrogen-bond acceptors (Lipinski definition) is 3. The van der Waals surface area contributed by atoms with E-state index in [0.717, 1.165) is 17.1 Å². The van der Waals surface area contributed by atoms with E-state index in [-0.39, 0.29) is 0 Å². The molecular formula is C50H31NS2. The van der Waals surface area contributed by atoms with Crippen molar-refractivity contribution >= 4 is 102 Å². The third kappa shape index (κ3) is 5.04. The summed E-state index contributed by atoms with van der Waals surface area (Å²) in [5, 5.41) is 10.3. The second-order valence-corrected chi connectivity index (χ2v) is 15.9. The van der Waals surface area contributed by atoms with Crippen LogP contribution in [0.3, 0.4) is 0 Å². The summed E-state index contributed by atoms with van der Waals surface area (Å²) in [4.78, 5) is 2.43. The minimum absolute atomic E-state index is 1.13. The average Bonchev–Trinajstić information content (AvgIpc) is 3.80. The molecule has 53 heavy (non-hydrogen) atoms. The lowest BCUT2D eigenvalue weighted by Crippen LogP contribution is -2.09. The Kier molecular flexibility index (Phi) is 6.97. The van der Waals surface area contributed by atoms with Crippen LogP contribution in [0.4, 0.5) is 17.1 Å². The summed E-state index contributed by atoms with van der Waals surface area (Å²) in [7, 11) is 0. The number of benzene rings is 9. The monoisotopic (exact) mass is 709 g/mol. The van der Waals surface area contributed by atoms with Gasteiger partial charge in [0, 0.05) is 57.4 Å². The molecule has 0 aliphatic rings. The first-order valence-corrected chi connectivity index (χ1v) is 19.6. The van der Waals surface area contributed by atoms with Crippen molar-refractivity contribution in [2.45, 2.75) is 0 Å². The van der Waals surface area contributed by atoms with Crippen LogP contribution in [0.1, 0.15) is 0 Å². The van der Waals surface area contributed by atoms with Crippen molar-refractivity contribution in [1.82, 2.24) is 0 Å². The maximum atomic E-state index is 2.43. The molecule has 2 aromatic heterocycles. The molecule has 2 heterocycles. The van der Waals surface area contributed by atoms with Crippen LogP contribution < -0.4 is 4.90 Å². The first-order valence-electron chi connectivity index (χ1n) is 18.0. The quantitative estimate of drug-likeness (QED) is 0.172. The largest absolute Gasteiger partial charge is 0.310 e. The highest BCUT2D eigenvalue weighted by atomic mass is 32.1. The smallest absolute Gasteiger partial charge is 0.0468 e. The zero-order valence-corrected chi connectivity index (χ0v) is 30.3. The van der Waals surface area contributed by atoms with Gasteiger partial charge in [-0.3, -0.25) is 0 Å². The molecule has 0 saturated heterocycles. The number of rotatable bonds is 5. The highest BCUT2D eigenvalue weighted by molar-refractivity contribution is 7.27. The number of hydrogen-bond donors (Lipinski definition) is 0. The summed E-state index contributed by atoms with van der Waals surface area (Å²) in [6.45, 7) is 0. The summed E-state index contributed by atoms with van der Waals surface area (Å²) in [6.07, 6.45) is 0. The molecule has 0 aliphatic carbocycles. The SMILES string of the molecule is c1ccc(-c2cc3ccccc3c3sc4ccc(N(c5ccc(-c6ccc7ccccc7c6)cc5)c5ccc6sc7ccccc7c6c5)cc4c23)cc1. The Bertz CT molecular complexity index is 3170. The normalized spacial score (nSPS) is 11.8. The fraction of sp³-hybridized carbons (Fsp3) is 0. The summed E-state index contributed by atoms with van der Waals surface area (Å²) in [6, 6.07) is 69.2. The van der Waals surface area contributed by atoms with Gasteiger partial charge in [0.1, 0.15) is 0 Å². The predicted molar refractivity (Wildman–Crippen MR) is 233 cm³/mol. The summed E-state index contributed by atoms with van der Waals surface area (Å²) in [5.41, 5.74) is 8.36. The van der Waals surface area contributed by atoms with Crippen molar-refractivity contribution in [3.63, 3.8) is 0 Å². The number of anilines is 3. The lowest BCUT2D eigenvalue weighted by Gasteiger charge is -2.26. The minimum atomic E-state index is 1.13. The molecule has 11 rings (SSSR count). The van der Waals surface area contributed by atoms with Gasteiger partial charge in [0.15, 0.2) is 0 Å². The van der Waals surface area contributed by atoms with Crippen molar-refractivity contribution in [1.29, 1.82) is 0 Å². The molecule has 11 aromatic rings. The summed E-state index contributed by atoms with van der Waals surface area (Å²) in [5.74, 6) is 0. The van der Waals surface area contributed by atoms with E-state index < -0.39 is 0 Å². The molecule has 0 amide bonds. The zero-order chi connectivity index (χ0) is 34.9. The van der Waals surface area contributed by atoms with Gasteiger partial charge in [-0.15, -0.1) is 22.7 Å². The van der Waals surface area contributed by atoms with Crippen molar-refractivity contribution in [2.24, 2.45) is 0 Å². The third-order valence-electron chi connectivity index (χ3n) is 10.6. The van der Waals surface area contributed by atoms with Gasteiger partial charge >= 0.3 is 0 Å². The molecule has 0 atom stereocenters. The number of fused-ring (bicyclic) bond motifs is 9. The highest BCUT2D eigenvalue weighted by Crippen LogP contribution is 2.47. The van der Waals surface area contributed by atoms with Gasteiger partial charge in [-0.05, 0) is 111 Å². The lowest BCUT2D eigenvalue weighted by atomic mass is 9.95. The zero-order valence-electron chi connectivity index (χ0n) is 28.7. The van der Waals surface area contributed by atoms with Crippen LogP contribution in [0, 0.1) is 0 Å². The Morgan fingerprint density at radius 2 is 0.925 bits per heavy atom. The van der Waals surface area contributed by atoms with E-state index in [9.17, 15) is 0 Å². The van der Waals surface area contributed by atoms with Crippen LogP contribution in [0.25, 0.3) is 84.1 Å². The summed E-state index contributed by atoms with van der Waals surface area (Å²) < 4.78 is 5.26. The van der Waals surface area contributed by atoms with Gasteiger partial charge in [0.2, 0.25) is 0 Å². The number of thiophene rings is 2. The van der Waals surface area contributed by atoms with E-state index >= 15 is 0 Å². The van der Waals surface area contributed by atoms with Crippen molar-refractivity contribution in [3.05, 3.63) is 188 Å². The predicted octanol–water partition coefficient (Wildman–Crippen LogP) is 15.5. The standard InChI is InChI=1S/C50H31NS2/c1-2-11-34(12-3-1)43-29-37-14-6-7-15-41(37)50-49(43)45-31-40(25-27-48(45)53-50)51(39-24-26-47-44(30-39)42-16-8-9-17-46(42)52-47)38-22-20-33(21-23-38)36-19-18-32-10-4-5-13-35(32)28-36/h1-31H. The first-order chi connectivity index (χ1) is 26.2. The van der Waals surface area contributed by atoms with Gasteiger partial charge < -0.3 is 4.90 Å². The van der Waals surface area contributed by atoms with Crippen molar-refractivity contribution < 1.29 is 0 Å². The molecule has 0 radical (unpaired) electrons. The first kappa shape index (κ1) is 30.4. The molecule has 0 spiro atoms. The fourth-order valence-electron chi connectivity index (χ4n) is 8.06. The maximum Gasteiger partial charge on any atom is 0.0468 e. The van der Waals surface area contributed by atoms with E-state index in [1.54, 1.807) is 0 Å². The van der Waals surface area contributed by atoms with Gasteiger partial charge in [-0.2, -0.15) is 0 Å². The van der Waals surface area contributed by atoms with Crippen LogP contribution in [-0.4, -0.2) is 0 Å². The topological polar surface area (TPSA) is 3.24 Å².